The molecule has 0 fully saturated rings. The summed E-state index contributed by atoms with van der Waals surface area (Å²) in [4.78, 5) is 0. The predicted molar refractivity (Wildman–Crippen MR) is 156 cm³/mol. The molecule has 0 amide bonds. The normalized spacial score (nSPS) is 22.3. The number of benzene rings is 2. The first kappa shape index (κ1) is 21.6. The molecule has 0 radical (unpaired) electrons. The fraction of sp³-hybridized carbons (Fsp3) is 0.222. The van der Waals surface area contributed by atoms with Crippen molar-refractivity contribution < 1.29 is 0 Å². The molecular weight excluding hydrogens is 432 g/mol. The highest BCUT2D eigenvalue weighted by Gasteiger charge is 2.22. The van der Waals surface area contributed by atoms with Crippen molar-refractivity contribution in [3.63, 3.8) is 0 Å². The van der Waals surface area contributed by atoms with E-state index in [1.165, 1.54) is 73.0 Å². The van der Waals surface area contributed by atoms with Gasteiger partial charge in [0.25, 0.3) is 0 Å². The van der Waals surface area contributed by atoms with Crippen LogP contribution in [0.1, 0.15) is 56.1 Å². The molecule has 36 heavy (non-hydrogen) atoms. The number of fused-ring (bicyclic) bond motifs is 3. The van der Waals surface area contributed by atoms with Crippen LogP contribution in [0.4, 0.5) is 0 Å². The Labute approximate surface area is 214 Å². The van der Waals surface area contributed by atoms with Gasteiger partial charge in [-0.1, -0.05) is 103 Å². The highest BCUT2D eigenvalue weighted by molar-refractivity contribution is 6.03. The van der Waals surface area contributed by atoms with Gasteiger partial charge in [-0.15, -0.1) is 0 Å². The molecule has 0 spiro atoms. The summed E-state index contributed by atoms with van der Waals surface area (Å²) in [5.74, 6) is 0.527. The van der Waals surface area contributed by atoms with Gasteiger partial charge in [0.15, 0.2) is 0 Å². The van der Waals surface area contributed by atoms with E-state index in [9.17, 15) is 0 Å². The van der Waals surface area contributed by atoms with Crippen LogP contribution in [0.25, 0.3) is 34.1 Å². The maximum absolute atomic E-state index is 2.51. The summed E-state index contributed by atoms with van der Waals surface area (Å²) in [6, 6.07) is 9.12. The molecule has 2 aromatic rings. The van der Waals surface area contributed by atoms with Crippen molar-refractivity contribution in [1.29, 1.82) is 0 Å². The van der Waals surface area contributed by atoms with Gasteiger partial charge in [0.1, 0.15) is 0 Å². The molecule has 1 atom stereocenters. The molecule has 0 saturated carbocycles. The smallest absolute Gasteiger partial charge is 0.00561 e. The topological polar surface area (TPSA) is 0 Å². The van der Waals surface area contributed by atoms with Gasteiger partial charge < -0.3 is 0 Å². The summed E-state index contributed by atoms with van der Waals surface area (Å²) < 4.78 is 0. The lowest BCUT2D eigenvalue weighted by Crippen LogP contribution is -2.34. The highest BCUT2D eigenvalue weighted by Crippen LogP contribution is 2.37. The van der Waals surface area contributed by atoms with Gasteiger partial charge in [-0.05, 0) is 105 Å². The van der Waals surface area contributed by atoms with Crippen molar-refractivity contribution >= 4 is 34.1 Å². The Morgan fingerprint density at radius 3 is 2.14 bits per heavy atom. The number of hydrogen-bond acceptors (Lipinski definition) is 0. The van der Waals surface area contributed by atoms with Crippen molar-refractivity contribution in [3.05, 3.63) is 129 Å². The quantitative estimate of drug-likeness (QED) is 0.431. The lowest BCUT2D eigenvalue weighted by Gasteiger charge is -2.24. The minimum absolute atomic E-state index is 0.527. The van der Waals surface area contributed by atoms with Crippen molar-refractivity contribution in [1.82, 2.24) is 0 Å². The average Bonchev–Trinajstić information content (AvgIpc) is 2.96. The molecule has 0 heteroatoms. The first-order chi connectivity index (χ1) is 17.9. The van der Waals surface area contributed by atoms with Crippen LogP contribution in [0.3, 0.4) is 0 Å². The molecular formula is C36H32. The molecule has 5 aliphatic carbocycles. The van der Waals surface area contributed by atoms with Gasteiger partial charge in [0, 0.05) is 5.92 Å². The SMILES string of the molecule is C1=CCCC(C2=CC=C(c3c4c(c(C5=CC6=CC=CCC6C=C5)c5ccccc35)=CCCC=4)CC2)=C1. The Hall–Kier alpha value is -3.64. The molecule has 1 unspecified atom stereocenters. The second-order valence-electron chi connectivity index (χ2n) is 10.5. The van der Waals surface area contributed by atoms with E-state index in [-0.39, 0.29) is 0 Å². The summed E-state index contributed by atoms with van der Waals surface area (Å²) in [6.07, 6.45) is 38.6. The second-order valence-corrected chi connectivity index (χ2v) is 10.5. The lowest BCUT2D eigenvalue weighted by molar-refractivity contribution is 0.781. The van der Waals surface area contributed by atoms with Gasteiger partial charge in [-0.25, -0.2) is 0 Å². The van der Waals surface area contributed by atoms with Gasteiger partial charge in [0.05, 0.1) is 0 Å². The largest absolute Gasteiger partial charge is 0.0842 e. The van der Waals surface area contributed by atoms with Gasteiger partial charge >= 0.3 is 0 Å². The third-order valence-electron chi connectivity index (χ3n) is 8.42. The van der Waals surface area contributed by atoms with Crippen LogP contribution in [0.2, 0.25) is 0 Å². The zero-order valence-electron chi connectivity index (χ0n) is 20.8. The minimum atomic E-state index is 0.527. The number of allylic oxidation sites excluding steroid dienone is 16. The van der Waals surface area contributed by atoms with Crippen LogP contribution in [0.15, 0.2) is 108 Å². The van der Waals surface area contributed by atoms with Gasteiger partial charge in [-0.2, -0.15) is 0 Å². The molecule has 7 rings (SSSR count). The maximum atomic E-state index is 2.51. The number of hydrogen-bond donors (Lipinski definition) is 0. The fourth-order valence-electron chi connectivity index (χ4n) is 6.61. The molecule has 0 heterocycles. The van der Waals surface area contributed by atoms with E-state index in [0.29, 0.717) is 5.92 Å². The molecule has 0 N–H and O–H groups in total. The van der Waals surface area contributed by atoms with Crippen molar-refractivity contribution in [3.8, 4) is 0 Å². The lowest BCUT2D eigenvalue weighted by atomic mass is 9.79. The van der Waals surface area contributed by atoms with E-state index in [0.717, 1.165) is 32.1 Å². The molecule has 0 aromatic heterocycles. The number of rotatable bonds is 3. The van der Waals surface area contributed by atoms with Crippen LogP contribution in [-0.4, -0.2) is 0 Å². The van der Waals surface area contributed by atoms with Crippen LogP contribution >= 0.6 is 0 Å². The van der Waals surface area contributed by atoms with Crippen LogP contribution in [0.5, 0.6) is 0 Å². The van der Waals surface area contributed by atoms with Crippen LogP contribution in [-0.2, 0) is 0 Å². The Morgan fingerprint density at radius 2 is 1.36 bits per heavy atom. The Morgan fingerprint density at radius 1 is 0.639 bits per heavy atom. The van der Waals surface area contributed by atoms with Gasteiger partial charge in [-0.3, -0.25) is 0 Å². The summed E-state index contributed by atoms with van der Waals surface area (Å²) in [5.41, 5.74) is 10.2. The summed E-state index contributed by atoms with van der Waals surface area (Å²) in [6.45, 7) is 0. The molecule has 0 aliphatic heterocycles. The molecule has 0 saturated heterocycles. The van der Waals surface area contributed by atoms with Crippen LogP contribution < -0.4 is 10.4 Å². The predicted octanol–water partition coefficient (Wildman–Crippen LogP) is 8.03. The van der Waals surface area contributed by atoms with Gasteiger partial charge in [0.2, 0.25) is 0 Å². The second kappa shape index (κ2) is 9.10. The Bertz CT molecular complexity index is 1640. The third kappa shape index (κ3) is 3.68. The van der Waals surface area contributed by atoms with E-state index in [2.05, 4.69) is 103 Å². The van der Waals surface area contributed by atoms with E-state index in [1.54, 1.807) is 0 Å². The third-order valence-corrected chi connectivity index (χ3v) is 8.42. The average molecular weight is 465 g/mol. The van der Waals surface area contributed by atoms with E-state index in [4.69, 9.17) is 0 Å². The Kier molecular flexibility index (Phi) is 5.47. The summed E-state index contributed by atoms with van der Waals surface area (Å²) in [7, 11) is 0. The zero-order chi connectivity index (χ0) is 23.9. The van der Waals surface area contributed by atoms with E-state index < -0.39 is 0 Å². The molecule has 5 aliphatic rings. The van der Waals surface area contributed by atoms with E-state index in [1.807, 2.05) is 0 Å². The monoisotopic (exact) mass is 464 g/mol. The van der Waals surface area contributed by atoms with E-state index >= 15 is 0 Å². The molecule has 0 bridgehead atoms. The summed E-state index contributed by atoms with van der Waals surface area (Å²) in [5, 5.41) is 5.67. The minimum Gasteiger partial charge on any atom is -0.0842 e. The van der Waals surface area contributed by atoms with Crippen molar-refractivity contribution in [2.24, 2.45) is 5.92 Å². The molecule has 176 valence electrons. The zero-order valence-corrected chi connectivity index (χ0v) is 20.8. The van der Waals surface area contributed by atoms with Crippen molar-refractivity contribution in [2.75, 3.05) is 0 Å². The highest BCUT2D eigenvalue weighted by atomic mass is 14.3. The van der Waals surface area contributed by atoms with Crippen LogP contribution in [0, 0.1) is 5.92 Å². The maximum Gasteiger partial charge on any atom is 0.00561 e. The summed E-state index contributed by atoms with van der Waals surface area (Å²) >= 11 is 0. The first-order valence-corrected chi connectivity index (χ1v) is 13.6. The first-order valence-electron chi connectivity index (χ1n) is 13.6. The Balaban J connectivity index is 1.44. The van der Waals surface area contributed by atoms with Crippen molar-refractivity contribution in [2.45, 2.75) is 44.9 Å². The standard InChI is InChI=1S/C36H32/c1-2-10-25(11-3-1)27-18-21-28(22-19-27)35-31-14-6-8-16-33(31)36(34-17-9-7-15-32(34)35)30-23-20-26-12-4-5-13-29(26)24-30/h1-2,4-6,8,10,13-18,20-21,23-24,26H,3,7,9,11-12,19,22H2. The molecule has 2 aromatic carbocycles. The fourth-order valence-corrected chi connectivity index (χ4v) is 6.61. The molecule has 0 nitrogen and oxygen atoms in total.